The first-order valence-electron chi connectivity index (χ1n) is 10.2. The van der Waals surface area contributed by atoms with E-state index >= 15 is 0 Å². The van der Waals surface area contributed by atoms with Crippen LogP contribution < -0.4 is 19.1 Å². The van der Waals surface area contributed by atoms with Crippen molar-refractivity contribution in [3.8, 4) is 11.5 Å². The lowest BCUT2D eigenvalue weighted by molar-refractivity contribution is -0.131. The smallest absolute Gasteiger partial charge is 0.243 e. The number of nitrogens with zero attached hydrogens (tertiary/aromatic N) is 2. The number of benzene rings is 2. The van der Waals surface area contributed by atoms with Crippen LogP contribution in [0, 0.1) is 0 Å². The molecule has 1 N–H and O–H groups in total. The fraction of sp³-hybridized carbons (Fsp3) is 0.364. The lowest BCUT2D eigenvalue weighted by Crippen LogP contribution is -2.43. The van der Waals surface area contributed by atoms with E-state index in [0.717, 1.165) is 15.5 Å². The maximum absolute atomic E-state index is 12.7. The van der Waals surface area contributed by atoms with Gasteiger partial charge >= 0.3 is 0 Å². The van der Waals surface area contributed by atoms with E-state index in [9.17, 15) is 18.0 Å². The lowest BCUT2D eigenvalue weighted by atomic mass is 10.2. The molecular formula is C22H28ClN3O6S. The minimum atomic E-state index is -3.76. The molecule has 2 aromatic carbocycles. The molecule has 2 aromatic rings. The number of carbonyl (C=O) groups is 2. The summed E-state index contributed by atoms with van der Waals surface area (Å²) in [4.78, 5) is 26.3. The third-order valence-electron chi connectivity index (χ3n) is 4.41. The number of nitrogens with one attached hydrogen (secondary N) is 1. The molecule has 0 atom stereocenters. The van der Waals surface area contributed by atoms with Gasteiger partial charge in [-0.3, -0.25) is 13.9 Å². The van der Waals surface area contributed by atoms with Gasteiger partial charge in [-0.1, -0.05) is 17.7 Å². The molecule has 0 spiro atoms. The van der Waals surface area contributed by atoms with Gasteiger partial charge in [-0.25, -0.2) is 8.42 Å². The third kappa shape index (κ3) is 7.83. The van der Waals surface area contributed by atoms with Gasteiger partial charge in [0.2, 0.25) is 21.8 Å². The second-order valence-corrected chi connectivity index (χ2v) is 9.42. The van der Waals surface area contributed by atoms with Gasteiger partial charge in [-0.15, -0.1) is 0 Å². The average Bonchev–Trinajstić information content (AvgIpc) is 2.73. The summed E-state index contributed by atoms with van der Waals surface area (Å²) in [5, 5.41) is 3.04. The number of ether oxygens (including phenoxy) is 2. The summed E-state index contributed by atoms with van der Waals surface area (Å²) in [6.45, 7) is 3.85. The number of rotatable bonds is 11. The monoisotopic (exact) mass is 497 g/mol. The first-order valence-corrected chi connectivity index (χ1v) is 12.4. The molecule has 0 radical (unpaired) electrons. The molecule has 2 amide bonds. The van der Waals surface area contributed by atoms with Crippen LogP contribution in [0.4, 0.5) is 11.4 Å². The van der Waals surface area contributed by atoms with Crippen molar-refractivity contribution in [2.45, 2.75) is 13.8 Å². The SMILES string of the molecule is CCOc1ccc(NC(=O)CN(C)C(=O)CN(c2cccc(Cl)c2)S(C)(=O)=O)cc1OCC. The molecule has 0 aliphatic carbocycles. The zero-order chi connectivity index (χ0) is 24.6. The fourth-order valence-corrected chi connectivity index (χ4v) is 3.93. The third-order valence-corrected chi connectivity index (χ3v) is 5.78. The predicted molar refractivity (Wildman–Crippen MR) is 129 cm³/mol. The summed E-state index contributed by atoms with van der Waals surface area (Å²) in [5.41, 5.74) is 0.735. The van der Waals surface area contributed by atoms with Gasteiger partial charge in [-0.2, -0.15) is 0 Å². The first-order chi connectivity index (χ1) is 15.5. The normalized spacial score (nSPS) is 10.9. The molecule has 0 fully saturated rings. The van der Waals surface area contributed by atoms with Gasteiger partial charge in [0.05, 0.1) is 31.7 Å². The van der Waals surface area contributed by atoms with Crippen LogP contribution in [0.1, 0.15) is 13.8 Å². The van der Waals surface area contributed by atoms with Gasteiger partial charge in [0.15, 0.2) is 11.5 Å². The van der Waals surface area contributed by atoms with Gasteiger partial charge in [-0.05, 0) is 44.2 Å². The number of carbonyl (C=O) groups excluding carboxylic acids is 2. The Morgan fingerprint density at radius 3 is 2.27 bits per heavy atom. The molecule has 0 aromatic heterocycles. The van der Waals surface area contributed by atoms with Gasteiger partial charge in [0.25, 0.3) is 0 Å². The van der Waals surface area contributed by atoms with Gasteiger partial charge in [0.1, 0.15) is 6.54 Å². The van der Waals surface area contributed by atoms with Crippen molar-refractivity contribution >= 4 is 44.8 Å². The molecule has 0 saturated heterocycles. The van der Waals surface area contributed by atoms with Crippen molar-refractivity contribution in [1.29, 1.82) is 0 Å². The minimum Gasteiger partial charge on any atom is -0.490 e. The van der Waals surface area contributed by atoms with Gasteiger partial charge in [0, 0.05) is 23.8 Å². The highest BCUT2D eigenvalue weighted by Crippen LogP contribution is 2.30. The Balaban J connectivity index is 2.06. The van der Waals surface area contributed by atoms with Crippen LogP contribution in [0.3, 0.4) is 0 Å². The van der Waals surface area contributed by atoms with Crippen molar-refractivity contribution in [2.24, 2.45) is 0 Å². The molecule has 0 unspecified atom stereocenters. The van der Waals surface area contributed by atoms with Crippen LogP contribution in [0.2, 0.25) is 5.02 Å². The van der Waals surface area contributed by atoms with E-state index in [4.69, 9.17) is 21.1 Å². The second kappa shape index (κ2) is 11.8. The molecule has 9 nitrogen and oxygen atoms in total. The highest BCUT2D eigenvalue weighted by Gasteiger charge is 2.24. The maximum Gasteiger partial charge on any atom is 0.243 e. The standard InChI is InChI=1S/C22H28ClN3O6S/c1-5-31-19-11-10-17(13-20(19)32-6-2)24-21(27)14-25(3)22(28)15-26(33(4,29)30)18-9-7-8-16(23)12-18/h7-13H,5-6,14-15H2,1-4H3,(H,24,27). The Kier molecular flexibility index (Phi) is 9.36. The topological polar surface area (TPSA) is 105 Å². The highest BCUT2D eigenvalue weighted by atomic mass is 35.5. The van der Waals surface area contributed by atoms with Crippen LogP contribution in [-0.4, -0.2) is 64.7 Å². The summed E-state index contributed by atoms with van der Waals surface area (Å²) in [6.07, 6.45) is 0.996. The summed E-state index contributed by atoms with van der Waals surface area (Å²) in [5.74, 6) is 0.0433. The number of hydrogen-bond acceptors (Lipinski definition) is 6. The lowest BCUT2D eigenvalue weighted by Gasteiger charge is -2.25. The highest BCUT2D eigenvalue weighted by molar-refractivity contribution is 7.92. The summed E-state index contributed by atoms with van der Waals surface area (Å²) in [6, 6.07) is 11.2. The number of hydrogen-bond donors (Lipinski definition) is 1. The van der Waals surface area contributed by atoms with Crippen molar-refractivity contribution in [2.75, 3.05) is 49.2 Å². The number of anilines is 2. The summed E-state index contributed by atoms with van der Waals surface area (Å²) in [7, 11) is -2.34. The Labute approximate surface area is 199 Å². The van der Waals surface area contributed by atoms with E-state index in [1.165, 1.54) is 19.2 Å². The number of amides is 2. The number of sulfonamides is 1. The largest absolute Gasteiger partial charge is 0.490 e. The van der Waals surface area contributed by atoms with Crippen molar-refractivity contribution < 1.29 is 27.5 Å². The quantitative estimate of drug-likeness (QED) is 0.511. The Bertz CT molecular complexity index is 1090. The van der Waals surface area contributed by atoms with E-state index in [0.29, 0.717) is 35.4 Å². The molecule has 33 heavy (non-hydrogen) atoms. The van der Waals surface area contributed by atoms with Crippen LogP contribution in [-0.2, 0) is 19.6 Å². The van der Waals surface area contributed by atoms with E-state index in [-0.39, 0.29) is 12.2 Å². The zero-order valence-electron chi connectivity index (χ0n) is 19.0. The van der Waals surface area contributed by atoms with Crippen LogP contribution in [0.5, 0.6) is 11.5 Å². The summed E-state index contributed by atoms with van der Waals surface area (Å²) < 4.78 is 36.5. The van der Waals surface area contributed by atoms with E-state index in [1.54, 1.807) is 30.3 Å². The number of halogens is 1. The number of likely N-dealkylation sites (N-methyl/N-ethyl adjacent to an activating group) is 1. The second-order valence-electron chi connectivity index (χ2n) is 7.08. The fourth-order valence-electron chi connectivity index (χ4n) is 2.91. The Hall–Kier alpha value is -2.98. The van der Waals surface area contributed by atoms with Gasteiger partial charge < -0.3 is 19.7 Å². The Morgan fingerprint density at radius 1 is 1.00 bits per heavy atom. The minimum absolute atomic E-state index is 0.258. The van der Waals surface area contributed by atoms with E-state index in [2.05, 4.69) is 5.32 Å². The molecule has 11 heteroatoms. The maximum atomic E-state index is 12.7. The summed E-state index contributed by atoms with van der Waals surface area (Å²) >= 11 is 5.96. The molecule has 0 bridgehead atoms. The first kappa shape index (κ1) is 26.3. The molecule has 0 heterocycles. The van der Waals surface area contributed by atoms with Crippen molar-refractivity contribution in [1.82, 2.24) is 4.90 Å². The predicted octanol–water partition coefficient (Wildman–Crippen LogP) is 3.00. The van der Waals surface area contributed by atoms with Crippen LogP contribution in [0.25, 0.3) is 0 Å². The van der Waals surface area contributed by atoms with Crippen LogP contribution >= 0.6 is 11.6 Å². The van der Waals surface area contributed by atoms with Crippen molar-refractivity contribution in [3.63, 3.8) is 0 Å². The molecular weight excluding hydrogens is 470 g/mol. The van der Waals surface area contributed by atoms with Crippen molar-refractivity contribution in [3.05, 3.63) is 47.5 Å². The molecule has 0 aliphatic rings. The molecule has 0 saturated carbocycles. The zero-order valence-corrected chi connectivity index (χ0v) is 20.6. The molecule has 2 rings (SSSR count). The average molecular weight is 498 g/mol. The van der Waals surface area contributed by atoms with Crippen LogP contribution in [0.15, 0.2) is 42.5 Å². The Morgan fingerprint density at radius 2 is 1.67 bits per heavy atom. The molecule has 0 aliphatic heterocycles. The van der Waals surface area contributed by atoms with E-state index < -0.39 is 28.4 Å². The van der Waals surface area contributed by atoms with E-state index in [1.807, 2.05) is 13.8 Å². The molecule has 180 valence electrons.